The van der Waals surface area contributed by atoms with Crippen molar-refractivity contribution < 1.29 is 14.3 Å². The number of nitrogens with zero attached hydrogens (tertiary/aromatic N) is 4. The lowest BCUT2D eigenvalue weighted by atomic mass is 9.87. The van der Waals surface area contributed by atoms with Gasteiger partial charge in [0, 0.05) is 17.3 Å². The van der Waals surface area contributed by atoms with Crippen molar-refractivity contribution in [1.82, 2.24) is 25.0 Å². The van der Waals surface area contributed by atoms with Gasteiger partial charge in [0.2, 0.25) is 5.91 Å². The van der Waals surface area contributed by atoms with E-state index < -0.39 is 5.97 Å². The van der Waals surface area contributed by atoms with E-state index in [0.29, 0.717) is 11.0 Å². The monoisotopic (exact) mass is 490 g/mol. The fourth-order valence-electron chi connectivity index (χ4n) is 3.39. The number of carbonyl (C=O) groups excluding carboxylic acids is 2. The van der Waals surface area contributed by atoms with Gasteiger partial charge in [-0.25, -0.2) is 4.79 Å². The number of rotatable bonds is 7. The first-order valence-corrected chi connectivity index (χ1v) is 11.9. The summed E-state index contributed by atoms with van der Waals surface area (Å²) in [5.74, 6) is 0.145. The first-order valence-electron chi connectivity index (χ1n) is 10.9. The number of aromatic nitrogens is 5. The second-order valence-electron chi connectivity index (χ2n) is 8.80. The molecule has 9 nitrogen and oxygen atoms in total. The molecule has 2 aromatic carbocycles. The van der Waals surface area contributed by atoms with Crippen molar-refractivity contribution >= 4 is 29.5 Å². The van der Waals surface area contributed by atoms with E-state index in [1.165, 1.54) is 30.5 Å². The third kappa shape index (κ3) is 5.60. The molecule has 2 aromatic heterocycles. The third-order valence-electron chi connectivity index (χ3n) is 5.24. The Morgan fingerprint density at radius 2 is 1.77 bits per heavy atom. The molecule has 2 heterocycles. The van der Waals surface area contributed by atoms with Crippen molar-refractivity contribution in [2.45, 2.75) is 31.3 Å². The Balaban J connectivity index is 1.55. The molecule has 0 saturated carbocycles. The molecule has 0 aliphatic heterocycles. The highest BCUT2D eigenvalue weighted by molar-refractivity contribution is 7.99. The summed E-state index contributed by atoms with van der Waals surface area (Å²) >= 11 is 1.26. The quantitative estimate of drug-likeness (QED) is 0.290. The Morgan fingerprint density at radius 1 is 1.06 bits per heavy atom. The van der Waals surface area contributed by atoms with Crippen molar-refractivity contribution in [3.8, 4) is 17.1 Å². The molecule has 0 spiro atoms. The molecular weight excluding hydrogens is 464 g/mol. The van der Waals surface area contributed by atoms with Crippen LogP contribution < -0.4 is 5.32 Å². The van der Waals surface area contributed by atoms with Crippen LogP contribution in [0.5, 0.6) is 0 Å². The predicted molar refractivity (Wildman–Crippen MR) is 135 cm³/mol. The molecule has 0 bridgehead atoms. The maximum absolute atomic E-state index is 12.5. The number of hydrogen-bond acceptors (Lipinski definition) is 7. The van der Waals surface area contributed by atoms with E-state index >= 15 is 0 Å². The average Bonchev–Trinajstić information content (AvgIpc) is 3.49. The summed E-state index contributed by atoms with van der Waals surface area (Å²) in [7, 11) is 1.27. The van der Waals surface area contributed by atoms with Gasteiger partial charge in [0.05, 0.1) is 12.9 Å². The number of thioether (sulfide) groups is 1. The highest BCUT2D eigenvalue weighted by Gasteiger charge is 2.19. The van der Waals surface area contributed by atoms with E-state index in [2.05, 4.69) is 63.4 Å². The molecule has 0 unspecified atom stereocenters. The molecular formula is C25H26N6O3S. The lowest BCUT2D eigenvalue weighted by Crippen LogP contribution is -2.15. The summed E-state index contributed by atoms with van der Waals surface area (Å²) in [5, 5.41) is 18.5. The van der Waals surface area contributed by atoms with Gasteiger partial charge in [-0.2, -0.15) is 5.10 Å². The minimum atomic E-state index is -0.564. The lowest BCUT2D eigenvalue weighted by Gasteiger charge is -2.19. The van der Waals surface area contributed by atoms with Crippen LogP contribution in [0, 0.1) is 0 Å². The number of para-hydroxylation sites is 1. The second kappa shape index (κ2) is 10.1. The zero-order valence-electron chi connectivity index (χ0n) is 19.9. The zero-order chi connectivity index (χ0) is 25.0. The standard InChI is InChI=1S/C25H26N6O3S/c1-25(2,3)17-12-10-16(11-13-17)22-29-30-24(31(22)18-8-6-5-7-9-18)35-15-21(32)26-20-14-19(27-28-20)23(33)34-4/h5-14H,15H2,1-4H3,(H2,26,27,28,32). The van der Waals surface area contributed by atoms with Crippen LogP contribution in [0.2, 0.25) is 0 Å². The number of methoxy groups -OCH3 is 1. The average molecular weight is 491 g/mol. The minimum Gasteiger partial charge on any atom is -0.464 e. The Bertz CT molecular complexity index is 1320. The largest absolute Gasteiger partial charge is 0.464 e. The van der Waals surface area contributed by atoms with Crippen LogP contribution in [0.1, 0.15) is 36.8 Å². The van der Waals surface area contributed by atoms with E-state index in [0.717, 1.165) is 11.3 Å². The van der Waals surface area contributed by atoms with Crippen LogP contribution in [0.15, 0.2) is 65.8 Å². The second-order valence-corrected chi connectivity index (χ2v) is 9.74. The number of H-pyrrole nitrogens is 1. The van der Waals surface area contributed by atoms with Gasteiger partial charge in [0.25, 0.3) is 0 Å². The van der Waals surface area contributed by atoms with Crippen LogP contribution in [0.4, 0.5) is 5.82 Å². The summed E-state index contributed by atoms with van der Waals surface area (Å²) in [6, 6.07) is 19.5. The van der Waals surface area contributed by atoms with Crippen molar-refractivity contribution in [2.75, 3.05) is 18.2 Å². The van der Waals surface area contributed by atoms with E-state index in [1.807, 2.05) is 47.0 Å². The molecule has 2 N–H and O–H groups in total. The van der Waals surface area contributed by atoms with E-state index in [-0.39, 0.29) is 28.6 Å². The summed E-state index contributed by atoms with van der Waals surface area (Å²) in [5.41, 5.74) is 3.25. The van der Waals surface area contributed by atoms with Gasteiger partial charge in [0.1, 0.15) is 5.69 Å². The molecule has 0 atom stereocenters. The van der Waals surface area contributed by atoms with Crippen LogP contribution >= 0.6 is 11.8 Å². The van der Waals surface area contributed by atoms with Gasteiger partial charge < -0.3 is 10.1 Å². The minimum absolute atomic E-state index is 0.0476. The number of nitrogens with one attached hydrogen (secondary N) is 2. The van der Waals surface area contributed by atoms with E-state index in [1.54, 1.807) is 0 Å². The van der Waals surface area contributed by atoms with Crippen molar-refractivity contribution in [1.29, 1.82) is 0 Å². The Hall–Kier alpha value is -3.92. The van der Waals surface area contributed by atoms with Gasteiger partial charge in [-0.1, -0.05) is 75.0 Å². The van der Waals surface area contributed by atoms with Gasteiger partial charge in [0.15, 0.2) is 16.8 Å². The number of benzene rings is 2. The number of carbonyl (C=O) groups is 2. The van der Waals surface area contributed by atoms with Crippen LogP contribution in [0.25, 0.3) is 17.1 Å². The van der Waals surface area contributed by atoms with Crippen LogP contribution in [-0.2, 0) is 14.9 Å². The number of anilines is 1. The van der Waals surface area contributed by atoms with Gasteiger partial charge in [-0.15, -0.1) is 10.2 Å². The molecule has 0 aliphatic carbocycles. The Morgan fingerprint density at radius 3 is 2.43 bits per heavy atom. The molecule has 180 valence electrons. The SMILES string of the molecule is COC(=O)c1cc(NC(=O)CSc2nnc(-c3ccc(C(C)(C)C)cc3)n2-c2ccccc2)n[nH]1. The molecule has 0 fully saturated rings. The summed E-state index contributed by atoms with van der Waals surface area (Å²) in [4.78, 5) is 24.1. The molecule has 4 aromatic rings. The topological polar surface area (TPSA) is 115 Å². The number of aromatic amines is 1. The van der Waals surface area contributed by atoms with Gasteiger partial charge in [-0.3, -0.25) is 14.5 Å². The van der Waals surface area contributed by atoms with Crippen molar-refractivity contribution in [3.05, 3.63) is 71.9 Å². The normalized spacial score (nSPS) is 11.3. The summed E-state index contributed by atoms with van der Waals surface area (Å²) in [6.07, 6.45) is 0. The van der Waals surface area contributed by atoms with Crippen LogP contribution in [-0.4, -0.2) is 49.7 Å². The molecule has 0 saturated heterocycles. The predicted octanol–water partition coefficient (Wildman–Crippen LogP) is 4.47. The first kappa shape index (κ1) is 24.2. The van der Waals surface area contributed by atoms with E-state index in [9.17, 15) is 9.59 Å². The molecule has 4 rings (SSSR count). The maximum atomic E-state index is 12.5. The molecule has 1 amide bonds. The number of amides is 1. The highest BCUT2D eigenvalue weighted by Crippen LogP contribution is 2.30. The highest BCUT2D eigenvalue weighted by atomic mass is 32.2. The molecule has 0 aliphatic rings. The van der Waals surface area contributed by atoms with E-state index in [4.69, 9.17) is 0 Å². The van der Waals surface area contributed by atoms with Gasteiger partial charge >= 0.3 is 5.97 Å². The lowest BCUT2D eigenvalue weighted by molar-refractivity contribution is -0.113. The number of ether oxygens (including phenoxy) is 1. The fraction of sp³-hybridized carbons (Fsp3) is 0.240. The number of esters is 1. The zero-order valence-corrected chi connectivity index (χ0v) is 20.7. The molecule has 0 radical (unpaired) electrons. The summed E-state index contributed by atoms with van der Waals surface area (Å²) in [6.45, 7) is 6.52. The number of hydrogen-bond donors (Lipinski definition) is 2. The molecule has 10 heteroatoms. The Kier molecular flexibility index (Phi) is 7.02. The van der Waals surface area contributed by atoms with Crippen molar-refractivity contribution in [3.63, 3.8) is 0 Å². The van der Waals surface area contributed by atoms with Gasteiger partial charge in [-0.05, 0) is 23.1 Å². The maximum Gasteiger partial charge on any atom is 0.356 e. The van der Waals surface area contributed by atoms with Crippen LogP contribution in [0.3, 0.4) is 0 Å². The smallest absolute Gasteiger partial charge is 0.356 e. The first-order chi connectivity index (χ1) is 16.8. The molecule has 35 heavy (non-hydrogen) atoms. The van der Waals surface area contributed by atoms with Crippen molar-refractivity contribution in [2.24, 2.45) is 0 Å². The third-order valence-corrected chi connectivity index (χ3v) is 6.17. The summed E-state index contributed by atoms with van der Waals surface area (Å²) < 4.78 is 6.57. The fourth-order valence-corrected chi connectivity index (χ4v) is 4.14. The Labute approximate surface area is 207 Å².